The standard InChI is InChI=1S/C29H41F3O9S/c1-3-20-6-9-27(8-4-5-21(20)15-27)25(34)40-17-24(33)41-22-12-19-11-18(2)13-28(14-19,16-22)26(35)39-10-7-23(30)29(31,32)42(36,37)38/h11,18,20-23H,3-10,12-17H2,1-2H3,(H,36,37,38)/t18-,20?,21?,22?,23?,27?,28?/m1/s1. The molecule has 4 rings (SSSR count). The van der Waals surface area contributed by atoms with Crippen LogP contribution in [0.4, 0.5) is 13.2 Å². The first-order valence-corrected chi connectivity index (χ1v) is 16.3. The highest BCUT2D eigenvalue weighted by Crippen LogP contribution is 2.53. The second-order valence-electron chi connectivity index (χ2n) is 12.8. The van der Waals surface area contributed by atoms with Gasteiger partial charge in [0.05, 0.1) is 17.4 Å². The van der Waals surface area contributed by atoms with Gasteiger partial charge in [-0.3, -0.25) is 14.1 Å². The molecule has 6 unspecified atom stereocenters. The molecule has 1 N–H and O–H groups in total. The maximum atomic E-state index is 13.9. The molecule has 0 aliphatic heterocycles. The van der Waals surface area contributed by atoms with E-state index in [4.69, 9.17) is 18.8 Å². The third-order valence-corrected chi connectivity index (χ3v) is 10.7. The topological polar surface area (TPSA) is 133 Å². The Hall–Kier alpha value is -2.15. The van der Waals surface area contributed by atoms with Crippen molar-refractivity contribution in [3.63, 3.8) is 0 Å². The van der Waals surface area contributed by atoms with Crippen LogP contribution in [-0.2, 0) is 38.7 Å². The van der Waals surface area contributed by atoms with Gasteiger partial charge in [0.2, 0.25) is 0 Å². The van der Waals surface area contributed by atoms with Crippen molar-refractivity contribution in [3.8, 4) is 0 Å². The Morgan fingerprint density at radius 2 is 1.81 bits per heavy atom. The maximum Gasteiger partial charge on any atom is 0.400 e. The minimum Gasteiger partial charge on any atom is -0.465 e. The first-order chi connectivity index (χ1) is 19.6. The van der Waals surface area contributed by atoms with Gasteiger partial charge in [0.25, 0.3) is 0 Å². The molecule has 0 amide bonds. The van der Waals surface area contributed by atoms with E-state index in [0.29, 0.717) is 31.1 Å². The summed E-state index contributed by atoms with van der Waals surface area (Å²) in [6.07, 6.45) is 4.34. The Balaban J connectivity index is 1.32. The van der Waals surface area contributed by atoms with Gasteiger partial charge in [0.15, 0.2) is 12.8 Å². The third kappa shape index (κ3) is 6.81. The summed E-state index contributed by atoms with van der Waals surface area (Å²) in [5.74, 6) is -0.791. The van der Waals surface area contributed by atoms with Crippen molar-refractivity contribution >= 4 is 28.0 Å². The monoisotopic (exact) mass is 622 g/mol. The van der Waals surface area contributed by atoms with Crippen LogP contribution in [-0.4, -0.2) is 61.6 Å². The van der Waals surface area contributed by atoms with Gasteiger partial charge in [-0.05, 0) is 56.3 Å². The highest BCUT2D eigenvalue weighted by atomic mass is 32.2. The lowest BCUT2D eigenvalue weighted by Crippen LogP contribution is -2.46. The first-order valence-electron chi connectivity index (χ1n) is 14.8. The SMILES string of the molecule is CCC1CCC2(C(=O)OCC(=O)OC3CC4=C[C@@H](C)CC(C(=O)OCCC(F)C(F)(F)S(=O)(=O)O)(C4)C3)CCCC1C2. The van der Waals surface area contributed by atoms with Crippen molar-refractivity contribution in [2.45, 2.75) is 108 Å². The zero-order valence-corrected chi connectivity index (χ0v) is 24.9. The minimum absolute atomic E-state index is 0.0296. The molecular formula is C29H41F3O9S. The van der Waals surface area contributed by atoms with E-state index >= 15 is 0 Å². The Labute approximate surface area is 244 Å². The van der Waals surface area contributed by atoms with E-state index in [1.54, 1.807) is 0 Å². The third-order valence-electron chi connectivity index (χ3n) is 9.77. The van der Waals surface area contributed by atoms with Crippen LogP contribution < -0.4 is 0 Å². The predicted octanol–water partition coefficient (Wildman–Crippen LogP) is 5.33. The van der Waals surface area contributed by atoms with E-state index in [-0.39, 0.29) is 18.3 Å². The number of halogens is 3. The van der Waals surface area contributed by atoms with Gasteiger partial charge in [-0.1, -0.05) is 44.8 Å². The van der Waals surface area contributed by atoms with E-state index in [9.17, 15) is 36.0 Å². The van der Waals surface area contributed by atoms with Crippen LogP contribution in [0.1, 0.15) is 90.9 Å². The normalized spacial score (nSPS) is 33.6. The van der Waals surface area contributed by atoms with Crippen LogP contribution in [0.5, 0.6) is 0 Å². The van der Waals surface area contributed by atoms with Crippen molar-refractivity contribution in [1.29, 1.82) is 0 Å². The number of carbonyl (C=O) groups excluding carboxylic acids is 3. The summed E-state index contributed by atoms with van der Waals surface area (Å²) in [6, 6.07) is 0. The lowest BCUT2D eigenvalue weighted by atomic mass is 9.58. The molecule has 9 nitrogen and oxygen atoms in total. The maximum absolute atomic E-state index is 13.9. The molecule has 3 fully saturated rings. The molecule has 13 heteroatoms. The lowest BCUT2D eigenvalue weighted by molar-refractivity contribution is -0.176. The molecule has 238 valence electrons. The number of rotatable bonds is 11. The van der Waals surface area contributed by atoms with Crippen LogP contribution in [0.3, 0.4) is 0 Å². The molecule has 0 radical (unpaired) electrons. The average molecular weight is 623 g/mol. The summed E-state index contributed by atoms with van der Waals surface area (Å²) in [7, 11) is -5.97. The number of ether oxygens (including phenoxy) is 3. The van der Waals surface area contributed by atoms with Gasteiger partial charge in [0.1, 0.15) is 6.10 Å². The molecule has 0 aromatic heterocycles. The molecule has 0 aromatic carbocycles. The number of fused-ring (bicyclic) bond motifs is 4. The van der Waals surface area contributed by atoms with Crippen molar-refractivity contribution < 1.29 is 54.7 Å². The van der Waals surface area contributed by atoms with Crippen LogP contribution in [0.25, 0.3) is 0 Å². The van der Waals surface area contributed by atoms with Crippen LogP contribution in [0, 0.1) is 28.6 Å². The highest BCUT2D eigenvalue weighted by Gasteiger charge is 2.53. The van der Waals surface area contributed by atoms with Crippen molar-refractivity contribution in [1.82, 2.24) is 0 Å². The molecular weight excluding hydrogens is 581 g/mol. The molecule has 0 spiro atoms. The number of carbonyl (C=O) groups is 3. The Kier molecular flexibility index (Phi) is 9.71. The van der Waals surface area contributed by atoms with Gasteiger partial charge in [-0.15, -0.1) is 0 Å². The van der Waals surface area contributed by atoms with E-state index in [1.807, 2.05) is 13.0 Å². The smallest absolute Gasteiger partial charge is 0.400 e. The summed E-state index contributed by atoms with van der Waals surface area (Å²) >= 11 is 0. The summed E-state index contributed by atoms with van der Waals surface area (Å²) in [4.78, 5) is 39.0. The largest absolute Gasteiger partial charge is 0.465 e. The van der Waals surface area contributed by atoms with E-state index in [0.717, 1.165) is 50.5 Å². The minimum atomic E-state index is -5.97. The van der Waals surface area contributed by atoms with Gasteiger partial charge in [-0.25, -0.2) is 9.18 Å². The number of alkyl halides is 3. The lowest BCUT2D eigenvalue weighted by Gasteiger charge is -2.46. The second-order valence-corrected chi connectivity index (χ2v) is 14.3. The van der Waals surface area contributed by atoms with E-state index in [2.05, 4.69) is 6.92 Å². The molecule has 0 saturated heterocycles. The molecule has 4 aliphatic carbocycles. The quantitative estimate of drug-likeness (QED) is 0.141. The van der Waals surface area contributed by atoms with E-state index in [1.165, 1.54) is 0 Å². The van der Waals surface area contributed by atoms with Gasteiger partial charge in [0, 0.05) is 19.3 Å². The van der Waals surface area contributed by atoms with Crippen LogP contribution in [0.15, 0.2) is 11.6 Å². The van der Waals surface area contributed by atoms with Crippen LogP contribution >= 0.6 is 0 Å². The molecule has 42 heavy (non-hydrogen) atoms. The molecule has 7 atom stereocenters. The van der Waals surface area contributed by atoms with Crippen molar-refractivity contribution in [3.05, 3.63) is 11.6 Å². The summed E-state index contributed by atoms with van der Waals surface area (Å²) in [6.45, 7) is 2.70. The van der Waals surface area contributed by atoms with Crippen molar-refractivity contribution in [2.75, 3.05) is 13.2 Å². The summed E-state index contributed by atoms with van der Waals surface area (Å²) in [5.41, 5.74) is -0.836. The number of esters is 3. The number of hydrogen-bond donors (Lipinski definition) is 1. The summed E-state index contributed by atoms with van der Waals surface area (Å²) in [5, 5.41) is -5.03. The van der Waals surface area contributed by atoms with Gasteiger partial charge < -0.3 is 14.2 Å². The molecule has 4 bridgehead atoms. The Morgan fingerprint density at radius 3 is 2.50 bits per heavy atom. The van der Waals surface area contributed by atoms with Crippen LogP contribution in [0.2, 0.25) is 0 Å². The molecule has 3 saturated carbocycles. The summed E-state index contributed by atoms with van der Waals surface area (Å²) < 4.78 is 87.1. The Morgan fingerprint density at radius 1 is 1.10 bits per heavy atom. The number of hydrogen-bond acceptors (Lipinski definition) is 8. The average Bonchev–Trinajstić information content (AvgIpc) is 2.90. The zero-order valence-electron chi connectivity index (χ0n) is 24.1. The highest BCUT2D eigenvalue weighted by molar-refractivity contribution is 7.86. The molecule has 0 heterocycles. The van der Waals surface area contributed by atoms with E-state index < -0.39 is 70.1 Å². The zero-order chi connectivity index (χ0) is 30.9. The molecule has 4 aliphatic rings. The fourth-order valence-electron chi connectivity index (χ4n) is 7.86. The number of allylic oxidation sites excluding steroid dienone is 1. The fourth-order valence-corrected chi connectivity index (χ4v) is 8.30. The second kappa shape index (κ2) is 12.5. The first kappa shape index (κ1) is 32.8. The fraction of sp³-hybridized carbons (Fsp3) is 0.828. The van der Waals surface area contributed by atoms with Crippen molar-refractivity contribution in [2.24, 2.45) is 28.6 Å². The van der Waals surface area contributed by atoms with Gasteiger partial charge in [-0.2, -0.15) is 17.2 Å². The van der Waals surface area contributed by atoms with Gasteiger partial charge >= 0.3 is 33.3 Å². The molecule has 0 aromatic rings. The predicted molar refractivity (Wildman–Crippen MR) is 143 cm³/mol. The Bertz CT molecular complexity index is 1190.